The minimum Gasteiger partial charge on any atom is -0.358 e. The van der Waals surface area contributed by atoms with Gasteiger partial charge in [0.1, 0.15) is 0 Å². The lowest BCUT2D eigenvalue weighted by Gasteiger charge is -2.18. The number of aromatic nitrogens is 3. The Bertz CT molecular complexity index is 638. The van der Waals surface area contributed by atoms with Crippen molar-refractivity contribution in [2.75, 3.05) is 31.6 Å². The Kier molecular flexibility index (Phi) is 4.80. The zero-order valence-electron chi connectivity index (χ0n) is 13.4. The highest BCUT2D eigenvalue weighted by Gasteiger charge is 2.20. The molecule has 0 spiro atoms. The van der Waals surface area contributed by atoms with E-state index < -0.39 is 0 Å². The molecule has 23 heavy (non-hydrogen) atoms. The van der Waals surface area contributed by atoms with Crippen LogP contribution in [0.5, 0.6) is 0 Å². The molecule has 0 bridgehead atoms. The van der Waals surface area contributed by atoms with E-state index in [1.807, 2.05) is 35.0 Å². The molecule has 1 saturated heterocycles. The molecule has 1 aliphatic rings. The molecule has 6 heteroatoms. The number of nitrogens with zero attached hydrogens (tertiary/aromatic N) is 5. The van der Waals surface area contributed by atoms with E-state index >= 15 is 0 Å². The second-order valence-electron chi connectivity index (χ2n) is 5.80. The molecule has 1 fully saturated rings. The summed E-state index contributed by atoms with van der Waals surface area (Å²) < 4.78 is 0. The van der Waals surface area contributed by atoms with Crippen molar-refractivity contribution in [3.8, 4) is 0 Å². The Balaban J connectivity index is 1.58. The normalized spacial score (nSPS) is 14.0. The molecular weight excluding hydrogens is 290 g/mol. The van der Waals surface area contributed by atoms with Crippen molar-refractivity contribution in [3.63, 3.8) is 0 Å². The predicted molar refractivity (Wildman–Crippen MR) is 88.4 cm³/mol. The fourth-order valence-electron chi connectivity index (χ4n) is 2.69. The number of hydrogen-bond acceptors (Lipinski definition) is 5. The van der Waals surface area contributed by atoms with Crippen LogP contribution in [0.3, 0.4) is 0 Å². The van der Waals surface area contributed by atoms with Crippen LogP contribution in [-0.4, -0.2) is 52.7 Å². The zero-order valence-corrected chi connectivity index (χ0v) is 13.4. The number of likely N-dealkylation sites (tertiary alicyclic amines) is 1. The van der Waals surface area contributed by atoms with Gasteiger partial charge in [-0.25, -0.2) is 0 Å². The molecule has 0 N–H and O–H groups in total. The van der Waals surface area contributed by atoms with Crippen LogP contribution in [0.1, 0.15) is 28.9 Å². The maximum Gasteiger partial charge on any atom is 0.274 e. The molecule has 0 aliphatic carbocycles. The van der Waals surface area contributed by atoms with Gasteiger partial charge < -0.3 is 9.80 Å². The molecule has 1 aliphatic heterocycles. The Morgan fingerprint density at radius 1 is 1.13 bits per heavy atom. The molecule has 0 aromatic carbocycles. The Hall–Kier alpha value is -2.50. The maximum absolute atomic E-state index is 12.2. The van der Waals surface area contributed by atoms with Crippen molar-refractivity contribution in [3.05, 3.63) is 47.9 Å². The molecule has 3 heterocycles. The smallest absolute Gasteiger partial charge is 0.274 e. The number of likely N-dealkylation sites (N-methyl/N-ethyl adjacent to an activating group) is 1. The maximum atomic E-state index is 12.2. The summed E-state index contributed by atoms with van der Waals surface area (Å²) in [6.45, 7) is 2.49. The summed E-state index contributed by atoms with van der Waals surface area (Å²) in [5.74, 6) is 0.762. The van der Waals surface area contributed by atoms with Crippen molar-refractivity contribution in [1.29, 1.82) is 0 Å². The van der Waals surface area contributed by atoms with Crippen LogP contribution in [-0.2, 0) is 6.42 Å². The molecule has 6 nitrogen and oxygen atoms in total. The SMILES string of the molecule is CN(CCc1ccncc1)c1ccc(C(=O)N2CCCC2)nn1. The molecule has 0 saturated carbocycles. The summed E-state index contributed by atoms with van der Waals surface area (Å²) in [6.07, 6.45) is 6.67. The first-order chi connectivity index (χ1) is 11.2. The number of rotatable bonds is 5. The Morgan fingerprint density at radius 3 is 2.52 bits per heavy atom. The first-order valence-electron chi connectivity index (χ1n) is 7.97. The molecule has 3 rings (SSSR count). The third-order valence-corrected chi connectivity index (χ3v) is 4.14. The number of hydrogen-bond donors (Lipinski definition) is 0. The summed E-state index contributed by atoms with van der Waals surface area (Å²) in [5.41, 5.74) is 1.67. The lowest BCUT2D eigenvalue weighted by molar-refractivity contribution is 0.0786. The van der Waals surface area contributed by atoms with Crippen LogP contribution < -0.4 is 4.90 Å². The summed E-state index contributed by atoms with van der Waals surface area (Å²) in [4.78, 5) is 20.1. The highest BCUT2D eigenvalue weighted by Crippen LogP contribution is 2.13. The molecule has 0 unspecified atom stereocenters. The number of pyridine rings is 1. The highest BCUT2D eigenvalue weighted by molar-refractivity contribution is 5.92. The molecule has 0 atom stereocenters. The average molecular weight is 311 g/mol. The van der Waals surface area contributed by atoms with Crippen molar-refractivity contribution in [2.24, 2.45) is 0 Å². The van der Waals surface area contributed by atoms with Crippen molar-refractivity contribution < 1.29 is 4.79 Å². The van der Waals surface area contributed by atoms with E-state index in [1.165, 1.54) is 5.56 Å². The predicted octanol–water partition coefficient (Wildman–Crippen LogP) is 1.79. The van der Waals surface area contributed by atoms with Crippen LogP contribution in [0.4, 0.5) is 5.82 Å². The lowest BCUT2D eigenvalue weighted by atomic mass is 10.2. The molecule has 2 aromatic heterocycles. The number of carbonyl (C=O) groups is 1. The van der Waals surface area contributed by atoms with Gasteiger partial charge in [-0.15, -0.1) is 10.2 Å². The monoisotopic (exact) mass is 311 g/mol. The summed E-state index contributed by atoms with van der Waals surface area (Å²) >= 11 is 0. The first kappa shape index (κ1) is 15.4. The van der Waals surface area contributed by atoms with Crippen molar-refractivity contribution in [1.82, 2.24) is 20.1 Å². The van der Waals surface area contributed by atoms with Gasteiger partial charge in [0.05, 0.1) is 0 Å². The topological polar surface area (TPSA) is 62.2 Å². The van der Waals surface area contributed by atoms with Gasteiger partial charge >= 0.3 is 0 Å². The van der Waals surface area contributed by atoms with Crippen LogP contribution in [0.15, 0.2) is 36.7 Å². The third kappa shape index (κ3) is 3.83. The van der Waals surface area contributed by atoms with Crippen molar-refractivity contribution >= 4 is 11.7 Å². The van der Waals surface area contributed by atoms with Gasteiger partial charge in [-0.2, -0.15) is 0 Å². The molecule has 0 radical (unpaired) electrons. The number of carbonyl (C=O) groups excluding carboxylic acids is 1. The van der Waals surface area contributed by atoms with E-state index in [4.69, 9.17) is 0 Å². The second kappa shape index (κ2) is 7.17. The van der Waals surface area contributed by atoms with Gasteiger partial charge in [0.25, 0.3) is 5.91 Å². The molecular formula is C17H21N5O. The summed E-state index contributed by atoms with van der Waals surface area (Å²) in [6, 6.07) is 7.66. The van der Waals surface area contributed by atoms with Gasteiger partial charge in [0.15, 0.2) is 11.5 Å². The average Bonchev–Trinajstić information content (AvgIpc) is 3.15. The lowest BCUT2D eigenvalue weighted by Crippen LogP contribution is -2.29. The van der Waals surface area contributed by atoms with E-state index in [1.54, 1.807) is 18.5 Å². The minimum absolute atomic E-state index is 0.0130. The summed E-state index contributed by atoms with van der Waals surface area (Å²) in [7, 11) is 1.98. The minimum atomic E-state index is -0.0130. The standard InChI is InChI=1S/C17H21N5O/c1-21(13-8-14-6-9-18-10-7-14)16-5-4-15(19-20-16)17(23)22-11-2-3-12-22/h4-7,9-10H,2-3,8,11-13H2,1H3. The fraction of sp³-hybridized carbons (Fsp3) is 0.412. The molecule has 2 aromatic rings. The van der Waals surface area contributed by atoms with Gasteiger partial charge in [-0.3, -0.25) is 9.78 Å². The quantitative estimate of drug-likeness (QED) is 0.842. The highest BCUT2D eigenvalue weighted by atomic mass is 16.2. The Morgan fingerprint density at radius 2 is 1.87 bits per heavy atom. The van der Waals surface area contributed by atoms with E-state index in [-0.39, 0.29) is 5.91 Å². The number of amides is 1. The Labute approximate surface area is 136 Å². The fourth-order valence-corrected chi connectivity index (χ4v) is 2.69. The first-order valence-corrected chi connectivity index (χ1v) is 7.97. The zero-order chi connectivity index (χ0) is 16.1. The van der Waals surface area contributed by atoms with Crippen LogP contribution in [0.2, 0.25) is 0 Å². The van der Waals surface area contributed by atoms with Gasteiger partial charge in [-0.1, -0.05) is 0 Å². The van der Waals surface area contributed by atoms with Crippen LogP contribution >= 0.6 is 0 Å². The third-order valence-electron chi connectivity index (χ3n) is 4.14. The second-order valence-corrected chi connectivity index (χ2v) is 5.80. The number of anilines is 1. The van der Waals surface area contributed by atoms with E-state index in [2.05, 4.69) is 15.2 Å². The van der Waals surface area contributed by atoms with Crippen LogP contribution in [0, 0.1) is 0 Å². The van der Waals surface area contributed by atoms with E-state index in [0.29, 0.717) is 5.69 Å². The van der Waals surface area contributed by atoms with Crippen molar-refractivity contribution in [2.45, 2.75) is 19.3 Å². The summed E-state index contributed by atoms with van der Waals surface area (Å²) in [5, 5.41) is 8.31. The van der Waals surface area contributed by atoms with Gasteiger partial charge in [-0.05, 0) is 49.1 Å². The molecule has 1 amide bonds. The van der Waals surface area contributed by atoms with E-state index in [9.17, 15) is 4.79 Å². The van der Waals surface area contributed by atoms with E-state index in [0.717, 1.165) is 44.7 Å². The van der Waals surface area contributed by atoms with Crippen LogP contribution in [0.25, 0.3) is 0 Å². The largest absolute Gasteiger partial charge is 0.358 e. The van der Waals surface area contributed by atoms with Gasteiger partial charge in [0, 0.05) is 39.1 Å². The van der Waals surface area contributed by atoms with Gasteiger partial charge in [0.2, 0.25) is 0 Å². The molecule has 120 valence electrons.